The highest BCUT2D eigenvalue weighted by Crippen LogP contribution is 2.14. The Morgan fingerprint density at radius 2 is 2.25 bits per heavy atom. The maximum absolute atomic E-state index is 11.6. The number of carbonyl (C=O) groups is 1. The van der Waals surface area contributed by atoms with Crippen molar-refractivity contribution in [3.05, 3.63) is 0 Å². The monoisotopic (exact) mass is 226 g/mol. The third-order valence-corrected chi connectivity index (χ3v) is 3.40. The van der Waals surface area contributed by atoms with Crippen LogP contribution in [0.4, 0.5) is 0 Å². The summed E-state index contributed by atoms with van der Waals surface area (Å²) in [7, 11) is 0. The summed E-state index contributed by atoms with van der Waals surface area (Å²) in [6.45, 7) is 8.45. The van der Waals surface area contributed by atoms with E-state index in [0.29, 0.717) is 24.3 Å². The van der Waals surface area contributed by atoms with Crippen molar-refractivity contribution in [3.63, 3.8) is 0 Å². The van der Waals surface area contributed by atoms with Crippen LogP contribution in [0.3, 0.4) is 0 Å². The predicted molar refractivity (Wildman–Crippen MR) is 67.3 cm³/mol. The fourth-order valence-corrected chi connectivity index (χ4v) is 2.12. The molecule has 1 saturated heterocycles. The van der Waals surface area contributed by atoms with Gasteiger partial charge in [-0.05, 0) is 37.6 Å². The van der Waals surface area contributed by atoms with Crippen LogP contribution in [0, 0.1) is 11.8 Å². The van der Waals surface area contributed by atoms with E-state index in [2.05, 4.69) is 31.4 Å². The molecule has 0 aromatic carbocycles. The van der Waals surface area contributed by atoms with Crippen molar-refractivity contribution >= 4 is 5.91 Å². The molecule has 3 heteroatoms. The van der Waals surface area contributed by atoms with Gasteiger partial charge in [-0.3, -0.25) is 4.79 Å². The van der Waals surface area contributed by atoms with E-state index in [9.17, 15) is 4.79 Å². The second-order valence-corrected chi connectivity index (χ2v) is 5.42. The highest BCUT2D eigenvalue weighted by Gasteiger charge is 2.20. The molecule has 1 rings (SSSR count). The Labute approximate surface area is 99.4 Å². The van der Waals surface area contributed by atoms with Crippen molar-refractivity contribution in [1.82, 2.24) is 10.6 Å². The zero-order valence-electron chi connectivity index (χ0n) is 10.9. The first kappa shape index (κ1) is 13.5. The molecule has 1 amide bonds. The molecule has 1 fully saturated rings. The molecule has 0 spiro atoms. The average molecular weight is 226 g/mol. The summed E-state index contributed by atoms with van der Waals surface area (Å²) in [5, 5.41) is 6.51. The van der Waals surface area contributed by atoms with Gasteiger partial charge in [0.15, 0.2) is 0 Å². The van der Waals surface area contributed by atoms with Gasteiger partial charge in [-0.15, -0.1) is 0 Å². The number of hydrogen-bond donors (Lipinski definition) is 2. The molecule has 16 heavy (non-hydrogen) atoms. The van der Waals surface area contributed by atoms with Crippen molar-refractivity contribution in [2.45, 2.75) is 52.5 Å². The Bertz CT molecular complexity index is 216. The first-order valence-corrected chi connectivity index (χ1v) is 6.59. The SMILES string of the molecule is CC(C)CCC(=O)NCC1NCCCC1C. The lowest BCUT2D eigenvalue weighted by Gasteiger charge is -2.30. The van der Waals surface area contributed by atoms with E-state index in [1.807, 2.05) is 0 Å². The maximum atomic E-state index is 11.6. The molecule has 3 nitrogen and oxygen atoms in total. The third-order valence-electron chi connectivity index (χ3n) is 3.40. The highest BCUT2D eigenvalue weighted by molar-refractivity contribution is 5.75. The van der Waals surface area contributed by atoms with E-state index in [1.54, 1.807) is 0 Å². The summed E-state index contributed by atoms with van der Waals surface area (Å²) in [5.41, 5.74) is 0. The van der Waals surface area contributed by atoms with Crippen LogP contribution >= 0.6 is 0 Å². The summed E-state index contributed by atoms with van der Waals surface area (Å²) >= 11 is 0. The molecule has 0 aliphatic carbocycles. The van der Waals surface area contributed by atoms with Gasteiger partial charge in [0.05, 0.1) is 0 Å². The van der Waals surface area contributed by atoms with Crippen molar-refractivity contribution in [2.75, 3.05) is 13.1 Å². The Balaban J connectivity index is 2.15. The van der Waals surface area contributed by atoms with E-state index >= 15 is 0 Å². The number of piperidine rings is 1. The van der Waals surface area contributed by atoms with Crippen LogP contribution in [0.2, 0.25) is 0 Å². The fourth-order valence-electron chi connectivity index (χ4n) is 2.12. The summed E-state index contributed by atoms with van der Waals surface area (Å²) < 4.78 is 0. The molecule has 1 aliphatic rings. The Hall–Kier alpha value is -0.570. The van der Waals surface area contributed by atoms with Crippen molar-refractivity contribution in [1.29, 1.82) is 0 Å². The van der Waals surface area contributed by atoms with Crippen molar-refractivity contribution in [2.24, 2.45) is 11.8 Å². The van der Waals surface area contributed by atoms with Gasteiger partial charge >= 0.3 is 0 Å². The predicted octanol–water partition coefficient (Wildman–Crippen LogP) is 1.93. The Morgan fingerprint density at radius 3 is 2.88 bits per heavy atom. The Kier molecular flexibility index (Phi) is 5.81. The molecule has 0 aromatic rings. The second-order valence-electron chi connectivity index (χ2n) is 5.42. The summed E-state index contributed by atoms with van der Waals surface area (Å²) in [6, 6.07) is 0.469. The first-order chi connectivity index (χ1) is 7.59. The van der Waals surface area contributed by atoms with Gasteiger partial charge in [-0.2, -0.15) is 0 Å². The first-order valence-electron chi connectivity index (χ1n) is 6.59. The minimum Gasteiger partial charge on any atom is -0.355 e. The van der Waals surface area contributed by atoms with E-state index < -0.39 is 0 Å². The molecular weight excluding hydrogens is 200 g/mol. The van der Waals surface area contributed by atoms with Gasteiger partial charge in [-0.25, -0.2) is 0 Å². The van der Waals surface area contributed by atoms with Gasteiger partial charge in [0.25, 0.3) is 0 Å². The third kappa shape index (κ3) is 4.97. The lowest BCUT2D eigenvalue weighted by molar-refractivity contribution is -0.121. The van der Waals surface area contributed by atoms with Crippen LogP contribution in [0.15, 0.2) is 0 Å². The van der Waals surface area contributed by atoms with E-state index in [0.717, 1.165) is 19.5 Å². The van der Waals surface area contributed by atoms with Crippen LogP contribution in [0.25, 0.3) is 0 Å². The number of carbonyl (C=O) groups excluding carboxylic acids is 1. The van der Waals surface area contributed by atoms with Gasteiger partial charge in [0.2, 0.25) is 5.91 Å². The minimum absolute atomic E-state index is 0.202. The normalized spacial score (nSPS) is 25.8. The van der Waals surface area contributed by atoms with Crippen LogP contribution in [0.5, 0.6) is 0 Å². The maximum Gasteiger partial charge on any atom is 0.220 e. The van der Waals surface area contributed by atoms with E-state index in [-0.39, 0.29) is 5.91 Å². The molecule has 0 aromatic heterocycles. The van der Waals surface area contributed by atoms with Gasteiger partial charge in [0.1, 0.15) is 0 Å². The number of rotatable bonds is 5. The largest absolute Gasteiger partial charge is 0.355 e. The van der Waals surface area contributed by atoms with Crippen LogP contribution < -0.4 is 10.6 Å². The lowest BCUT2D eigenvalue weighted by Crippen LogP contribution is -2.47. The second kappa shape index (κ2) is 6.89. The summed E-state index contributed by atoms with van der Waals surface area (Å²) in [6.07, 6.45) is 4.19. The van der Waals surface area contributed by atoms with Gasteiger partial charge in [-0.1, -0.05) is 20.8 Å². The highest BCUT2D eigenvalue weighted by atomic mass is 16.1. The standard InChI is InChI=1S/C13H26N2O/c1-10(2)6-7-13(16)15-9-12-11(3)5-4-8-14-12/h10-12,14H,4-9H2,1-3H3,(H,15,16). The molecule has 0 bridgehead atoms. The zero-order chi connectivity index (χ0) is 12.0. The lowest BCUT2D eigenvalue weighted by atomic mass is 9.93. The molecule has 0 saturated carbocycles. The fraction of sp³-hybridized carbons (Fsp3) is 0.923. The van der Waals surface area contributed by atoms with Crippen molar-refractivity contribution in [3.8, 4) is 0 Å². The molecule has 2 unspecified atom stereocenters. The molecule has 1 heterocycles. The quantitative estimate of drug-likeness (QED) is 0.752. The zero-order valence-corrected chi connectivity index (χ0v) is 10.9. The Morgan fingerprint density at radius 1 is 1.50 bits per heavy atom. The average Bonchev–Trinajstić information content (AvgIpc) is 2.25. The number of hydrogen-bond acceptors (Lipinski definition) is 2. The van der Waals surface area contributed by atoms with Crippen LogP contribution in [-0.4, -0.2) is 25.0 Å². The number of nitrogens with one attached hydrogen (secondary N) is 2. The van der Waals surface area contributed by atoms with Crippen LogP contribution in [-0.2, 0) is 4.79 Å². The molecule has 2 atom stereocenters. The van der Waals surface area contributed by atoms with Crippen molar-refractivity contribution < 1.29 is 4.79 Å². The molecule has 1 aliphatic heterocycles. The smallest absolute Gasteiger partial charge is 0.220 e. The topological polar surface area (TPSA) is 41.1 Å². The molecule has 0 radical (unpaired) electrons. The van der Waals surface area contributed by atoms with E-state index in [4.69, 9.17) is 0 Å². The van der Waals surface area contributed by atoms with Gasteiger partial charge in [0, 0.05) is 19.0 Å². The van der Waals surface area contributed by atoms with Gasteiger partial charge < -0.3 is 10.6 Å². The minimum atomic E-state index is 0.202. The molecule has 2 N–H and O–H groups in total. The summed E-state index contributed by atoms with van der Waals surface area (Å²) in [4.78, 5) is 11.6. The number of amides is 1. The molecule has 94 valence electrons. The molecular formula is C13H26N2O. The van der Waals surface area contributed by atoms with Crippen LogP contribution in [0.1, 0.15) is 46.5 Å². The van der Waals surface area contributed by atoms with E-state index in [1.165, 1.54) is 12.8 Å². The summed E-state index contributed by atoms with van der Waals surface area (Å²) in [5.74, 6) is 1.49.